The molecule has 2 rings (SSSR count). The first-order chi connectivity index (χ1) is 13.5. The van der Waals surface area contributed by atoms with Crippen LogP contribution in [-0.2, 0) is 20.2 Å². The van der Waals surface area contributed by atoms with Crippen LogP contribution in [0.15, 0.2) is 42.0 Å². The van der Waals surface area contributed by atoms with Gasteiger partial charge in [-0.15, -0.1) is 0 Å². The topological polar surface area (TPSA) is 124 Å². The molecule has 0 radical (unpaired) electrons. The summed E-state index contributed by atoms with van der Waals surface area (Å²) in [4.78, 5) is 4.13. The highest BCUT2D eigenvalue weighted by Crippen LogP contribution is 2.26. The molecule has 0 aliphatic carbocycles. The van der Waals surface area contributed by atoms with Crippen molar-refractivity contribution in [2.24, 2.45) is 5.10 Å². The van der Waals surface area contributed by atoms with Crippen LogP contribution in [0.4, 0.5) is 0 Å². The predicted octanol–water partition coefficient (Wildman–Crippen LogP) is 0.424. The van der Waals surface area contributed by atoms with Crippen LogP contribution in [0.3, 0.4) is 0 Å². The van der Waals surface area contributed by atoms with Crippen LogP contribution in [0.25, 0.3) is 0 Å². The van der Waals surface area contributed by atoms with Gasteiger partial charge in [0, 0.05) is 30.6 Å². The summed E-state index contributed by atoms with van der Waals surface area (Å²) in [5.74, 6) is 0.0456. The lowest BCUT2D eigenvalue weighted by atomic mass is 9.94. The van der Waals surface area contributed by atoms with Gasteiger partial charge in [-0.2, -0.15) is 13.5 Å². The molecule has 2 N–H and O–H groups in total. The number of nitrogens with one attached hydrogen (secondary N) is 2. The zero-order valence-corrected chi connectivity index (χ0v) is 18.5. The first-order valence-corrected chi connectivity index (χ1v) is 12.4. The zero-order valence-electron chi connectivity index (χ0n) is 16.9. The standard InChI is InChI=1S/C17H28N6O4S2/c1-14-11-17(16-7-5-9-19-12-16)13-22(20-14)15(2)21-29(26,27)23(28(4,24)25)10-6-8-18-3/h5,7,9,12,17-18,21H,2,6,8,10-11,13H2,1,3-4H3. The van der Waals surface area contributed by atoms with Crippen LogP contribution >= 0.6 is 0 Å². The van der Waals surface area contributed by atoms with Crippen molar-refractivity contribution in [2.45, 2.75) is 25.7 Å². The lowest BCUT2D eigenvalue weighted by Gasteiger charge is -2.32. The molecule has 0 amide bonds. The van der Waals surface area contributed by atoms with Crippen LogP contribution in [0, 0.1) is 0 Å². The van der Waals surface area contributed by atoms with E-state index in [-0.39, 0.29) is 18.3 Å². The van der Waals surface area contributed by atoms with Gasteiger partial charge in [-0.25, -0.2) is 13.4 Å². The second kappa shape index (κ2) is 9.65. The monoisotopic (exact) mass is 444 g/mol. The van der Waals surface area contributed by atoms with E-state index in [1.165, 1.54) is 5.01 Å². The molecule has 0 fully saturated rings. The quantitative estimate of drug-likeness (QED) is 0.501. The Labute approximate surface area is 172 Å². The molecule has 1 aromatic heterocycles. The summed E-state index contributed by atoms with van der Waals surface area (Å²) in [5.41, 5.74) is 1.81. The fraction of sp³-hybridized carbons (Fsp3) is 0.529. The van der Waals surface area contributed by atoms with Gasteiger partial charge in [0.05, 0.1) is 12.8 Å². The smallest absolute Gasteiger partial charge is 0.315 e. The van der Waals surface area contributed by atoms with Crippen LogP contribution in [0.5, 0.6) is 0 Å². The fourth-order valence-corrected chi connectivity index (χ4v) is 5.90. The van der Waals surface area contributed by atoms with Crippen LogP contribution < -0.4 is 10.0 Å². The molecule has 1 aromatic rings. The number of hydrogen-bond donors (Lipinski definition) is 2. The van der Waals surface area contributed by atoms with Gasteiger partial charge < -0.3 is 5.32 Å². The van der Waals surface area contributed by atoms with Crippen molar-refractivity contribution in [2.75, 3.05) is 32.9 Å². The molecule has 2 heterocycles. The number of aromatic nitrogens is 1. The van der Waals surface area contributed by atoms with Gasteiger partial charge in [-0.1, -0.05) is 16.4 Å². The number of rotatable bonds is 10. The number of sulfonamides is 1. The summed E-state index contributed by atoms with van der Waals surface area (Å²) in [6.07, 6.45) is 5.35. The molecule has 0 saturated carbocycles. The van der Waals surface area contributed by atoms with Crippen molar-refractivity contribution >= 4 is 25.9 Å². The van der Waals surface area contributed by atoms with Crippen molar-refractivity contribution in [3.05, 3.63) is 42.5 Å². The first-order valence-electron chi connectivity index (χ1n) is 9.10. The lowest BCUT2D eigenvalue weighted by molar-refractivity contribution is 0.308. The minimum absolute atomic E-state index is 0.0137. The van der Waals surface area contributed by atoms with Gasteiger partial charge in [-0.3, -0.25) is 9.71 Å². The Kier molecular flexibility index (Phi) is 7.74. The average molecular weight is 445 g/mol. The summed E-state index contributed by atoms with van der Waals surface area (Å²) in [6.45, 7) is 6.30. The molecule has 1 aliphatic heterocycles. The molecule has 0 saturated heterocycles. The normalized spacial score (nSPS) is 17.9. The highest BCUT2D eigenvalue weighted by Gasteiger charge is 2.32. The van der Waals surface area contributed by atoms with Crippen molar-refractivity contribution in [1.29, 1.82) is 0 Å². The van der Waals surface area contributed by atoms with E-state index in [9.17, 15) is 16.8 Å². The minimum Gasteiger partial charge on any atom is -0.320 e. The summed E-state index contributed by atoms with van der Waals surface area (Å²) in [7, 11) is -6.65. The van der Waals surface area contributed by atoms with Gasteiger partial charge in [0.2, 0.25) is 10.0 Å². The summed E-state index contributed by atoms with van der Waals surface area (Å²) < 4.78 is 52.2. The van der Waals surface area contributed by atoms with E-state index >= 15 is 0 Å². The molecule has 12 heteroatoms. The number of nitrogens with zero attached hydrogens (tertiary/aromatic N) is 4. The van der Waals surface area contributed by atoms with E-state index in [1.54, 1.807) is 19.4 Å². The molecule has 10 nitrogen and oxygen atoms in total. The highest BCUT2D eigenvalue weighted by atomic mass is 32.3. The Morgan fingerprint density at radius 2 is 2.10 bits per heavy atom. The number of hydrazone groups is 1. The van der Waals surface area contributed by atoms with Crippen molar-refractivity contribution in [1.82, 2.24) is 23.7 Å². The Morgan fingerprint density at radius 3 is 2.69 bits per heavy atom. The van der Waals surface area contributed by atoms with E-state index in [1.807, 2.05) is 19.1 Å². The van der Waals surface area contributed by atoms with Gasteiger partial charge in [0.1, 0.15) is 5.82 Å². The third-order valence-electron chi connectivity index (χ3n) is 4.35. The van der Waals surface area contributed by atoms with Crippen LogP contribution in [0.1, 0.15) is 31.2 Å². The Balaban J connectivity index is 2.17. The molecule has 1 atom stereocenters. The molecular formula is C17H28N6O4S2. The highest BCUT2D eigenvalue weighted by molar-refractivity contribution is 8.02. The third-order valence-corrected chi connectivity index (χ3v) is 7.88. The summed E-state index contributed by atoms with van der Waals surface area (Å²) in [6, 6.07) is 3.79. The van der Waals surface area contributed by atoms with E-state index in [0.29, 0.717) is 29.6 Å². The van der Waals surface area contributed by atoms with Crippen molar-refractivity contribution < 1.29 is 16.8 Å². The minimum atomic E-state index is -4.36. The molecular weight excluding hydrogens is 416 g/mol. The van der Waals surface area contributed by atoms with E-state index in [4.69, 9.17) is 0 Å². The van der Waals surface area contributed by atoms with Crippen molar-refractivity contribution in [3.63, 3.8) is 0 Å². The Bertz CT molecular complexity index is 947. The lowest BCUT2D eigenvalue weighted by Crippen LogP contribution is -2.47. The fourth-order valence-electron chi connectivity index (χ4n) is 3.03. The maximum Gasteiger partial charge on any atom is 0.315 e. The second-order valence-electron chi connectivity index (χ2n) is 6.88. The zero-order chi connectivity index (χ0) is 21.7. The molecule has 1 unspecified atom stereocenters. The van der Waals surface area contributed by atoms with Crippen molar-refractivity contribution in [3.8, 4) is 0 Å². The average Bonchev–Trinajstić information content (AvgIpc) is 2.64. The second-order valence-corrected chi connectivity index (χ2v) is 10.6. The van der Waals surface area contributed by atoms with Gasteiger partial charge in [0.25, 0.3) is 0 Å². The molecule has 162 valence electrons. The third kappa shape index (κ3) is 6.49. The first kappa shape index (κ1) is 23.3. The van der Waals surface area contributed by atoms with E-state index in [0.717, 1.165) is 17.5 Å². The molecule has 1 aliphatic rings. The Hall–Kier alpha value is -2.02. The molecule has 29 heavy (non-hydrogen) atoms. The van der Waals surface area contributed by atoms with E-state index < -0.39 is 20.2 Å². The molecule has 0 spiro atoms. The maximum atomic E-state index is 12.7. The SMILES string of the molecule is C=C(NS(=O)(=O)N(CCCNC)S(C)(=O)=O)N1CC(c2cccnc2)CC(C)=N1. The summed E-state index contributed by atoms with van der Waals surface area (Å²) >= 11 is 0. The van der Waals surface area contributed by atoms with Gasteiger partial charge in [-0.05, 0) is 45.0 Å². The van der Waals surface area contributed by atoms with Gasteiger partial charge in [0.15, 0.2) is 0 Å². The maximum absolute atomic E-state index is 12.7. The van der Waals surface area contributed by atoms with E-state index in [2.05, 4.69) is 26.7 Å². The largest absolute Gasteiger partial charge is 0.320 e. The van der Waals surface area contributed by atoms with Gasteiger partial charge >= 0.3 is 10.2 Å². The molecule has 0 aromatic carbocycles. The molecule has 0 bridgehead atoms. The van der Waals surface area contributed by atoms with Crippen LogP contribution in [-0.4, -0.2) is 69.2 Å². The van der Waals surface area contributed by atoms with Crippen LogP contribution in [0.2, 0.25) is 0 Å². The Morgan fingerprint density at radius 1 is 1.38 bits per heavy atom. The predicted molar refractivity (Wildman–Crippen MR) is 113 cm³/mol. The summed E-state index contributed by atoms with van der Waals surface area (Å²) in [5, 5.41) is 8.67. The number of pyridine rings is 1. The number of hydrogen-bond acceptors (Lipinski definition) is 8.